The first-order chi connectivity index (χ1) is 12.9. The van der Waals surface area contributed by atoms with Crippen molar-refractivity contribution in [2.24, 2.45) is 5.92 Å². The fourth-order valence-corrected chi connectivity index (χ4v) is 3.05. The molecule has 1 saturated heterocycles. The third kappa shape index (κ3) is 4.18. The Morgan fingerprint density at radius 1 is 0.923 bits per heavy atom. The van der Waals surface area contributed by atoms with Crippen LogP contribution in [0.4, 0.5) is 17.3 Å². The fraction of sp³-hybridized carbons (Fsp3) is 0.238. The van der Waals surface area contributed by atoms with E-state index in [9.17, 15) is 0 Å². The van der Waals surface area contributed by atoms with Gasteiger partial charge in [-0.15, -0.1) is 0 Å². The molecule has 0 saturated carbocycles. The van der Waals surface area contributed by atoms with Crippen molar-refractivity contribution in [3.05, 3.63) is 67.0 Å². The highest BCUT2D eigenvalue weighted by Gasteiger charge is 2.15. The Morgan fingerprint density at radius 3 is 2.38 bits per heavy atom. The average Bonchev–Trinajstić information content (AvgIpc) is 3.21. The van der Waals surface area contributed by atoms with Crippen molar-refractivity contribution >= 4 is 17.3 Å². The normalized spacial score (nSPS) is 16.4. The van der Waals surface area contributed by atoms with Crippen LogP contribution >= 0.6 is 0 Å². The van der Waals surface area contributed by atoms with Gasteiger partial charge in [0.2, 0.25) is 0 Å². The number of aromatic nitrogens is 2. The van der Waals surface area contributed by atoms with Gasteiger partial charge in [0, 0.05) is 37.2 Å². The first kappa shape index (κ1) is 16.5. The molecule has 0 radical (unpaired) electrons. The zero-order chi connectivity index (χ0) is 17.6. The van der Waals surface area contributed by atoms with Gasteiger partial charge in [0.05, 0.1) is 6.61 Å². The van der Waals surface area contributed by atoms with Gasteiger partial charge in [0.15, 0.2) is 0 Å². The molecule has 5 nitrogen and oxygen atoms in total. The van der Waals surface area contributed by atoms with Crippen LogP contribution in [0.3, 0.4) is 0 Å². The summed E-state index contributed by atoms with van der Waals surface area (Å²) in [5.74, 6) is 2.29. The number of benzene rings is 1. The molecule has 1 atom stereocenters. The van der Waals surface area contributed by atoms with Gasteiger partial charge >= 0.3 is 0 Å². The number of anilines is 3. The second kappa shape index (κ2) is 7.97. The number of para-hydroxylation sites is 1. The van der Waals surface area contributed by atoms with Gasteiger partial charge in [-0.05, 0) is 53.9 Å². The summed E-state index contributed by atoms with van der Waals surface area (Å²) in [6.45, 7) is 2.60. The first-order valence-electron chi connectivity index (χ1n) is 8.93. The molecule has 1 aliphatic rings. The molecule has 4 rings (SSSR count). The van der Waals surface area contributed by atoms with Gasteiger partial charge in [0.1, 0.15) is 11.6 Å². The van der Waals surface area contributed by atoms with Crippen molar-refractivity contribution in [1.82, 2.24) is 9.97 Å². The highest BCUT2D eigenvalue weighted by molar-refractivity contribution is 5.70. The summed E-state index contributed by atoms with van der Waals surface area (Å²) in [6, 6.07) is 18.2. The molecule has 132 valence electrons. The van der Waals surface area contributed by atoms with Crippen molar-refractivity contribution in [2.75, 3.05) is 30.4 Å². The van der Waals surface area contributed by atoms with Crippen molar-refractivity contribution in [3.63, 3.8) is 0 Å². The molecule has 0 aliphatic carbocycles. The molecule has 5 heteroatoms. The summed E-state index contributed by atoms with van der Waals surface area (Å²) in [5, 5.41) is 6.76. The maximum atomic E-state index is 5.43. The van der Waals surface area contributed by atoms with E-state index in [1.807, 2.05) is 54.9 Å². The fourth-order valence-electron chi connectivity index (χ4n) is 3.05. The van der Waals surface area contributed by atoms with Crippen LogP contribution in [0.25, 0.3) is 11.1 Å². The summed E-state index contributed by atoms with van der Waals surface area (Å²) < 4.78 is 5.43. The molecule has 0 spiro atoms. The van der Waals surface area contributed by atoms with E-state index in [-0.39, 0.29) is 0 Å². The average molecular weight is 346 g/mol. The number of nitrogens with one attached hydrogen (secondary N) is 2. The number of nitrogens with zero attached hydrogens (tertiary/aromatic N) is 2. The second-order valence-electron chi connectivity index (χ2n) is 6.46. The largest absolute Gasteiger partial charge is 0.381 e. The predicted molar refractivity (Wildman–Crippen MR) is 105 cm³/mol. The second-order valence-corrected chi connectivity index (χ2v) is 6.46. The van der Waals surface area contributed by atoms with Crippen LogP contribution < -0.4 is 10.6 Å². The van der Waals surface area contributed by atoms with Crippen LogP contribution in [0.15, 0.2) is 67.0 Å². The Bertz CT molecular complexity index is 847. The predicted octanol–water partition coefficient (Wildman–Crippen LogP) is 4.34. The number of hydrogen-bond donors (Lipinski definition) is 2. The van der Waals surface area contributed by atoms with Crippen molar-refractivity contribution in [1.29, 1.82) is 0 Å². The minimum absolute atomic E-state index is 0.572. The van der Waals surface area contributed by atoms with Crippen LogP contribution in [0.1, 0.15) is 6.42 Å². The molecule has 1 fully saturated rings. The van der Waals surface area contributed by atoms with Crippen LogP contribution in [0.2, 0.25) is 0 Å². The van der Waals surface area contributed by atoms with Gasteiger partial charge in [-0.3, -0.25) is 0 Å². The van der Waals surface area contributed by atoms with Gasteiger partial charge in [-0.1, -0.05) is 18.2 Å². The molecule has 1 unspecified atom stereocenters. The van der Waals surface area contributed by atoms with E-state index in [0.29, 0.717) is 5.92 Å². The Labute approximate surface area is 153 Å². The van der Waals surface area contributed by atoms with Crippen molar-refractivity contribution < 1.29 is 4.74 Å². The van der Waals surface area contributed by atoms with Crippen molar-refractivity contribution in [2.45, 2.75) is 6.42 Å². The Hall–Kier alpha value is -2.92. The van der Waals surface area contributed by atoms with E-state index in [4.69, 9.17) is 4.74 Å². The van der Waals surface area contributed by atoms with E-state index in [0.717, 1.165) is 54.6 Å². The summed E-state index contributed by atoms with van der Waals surface area (Å²) in [4.78, 5) is 8.85. The van der Waals surface area contributed by atoms with Crippen LogP contribution in [0.5, 0.6) is 0 Å². The molecule has 26 heavy (non-hydrogen) atoms. The minimum Gasteiger partial charge on any atom is -0.381 e. The minimum atomic E-state index is 0.572. The smallest absolute Gasteiger partial charge is 0.130 e. The van der Waals surface area contributed by atoms with E-state index < -0.39 is 0 Å². The highest BCUT2D eigenvalue weighted by Crippen LogP contribution is 2.24. The molecule has 3 heterocycles. The monoisotopic (exact) mass is 346 g/mol. The molecule has 3 aromatic rings. The SMILES string of the molecule is c1ccc(Nc2cc(-c3ccnc(NCC4CCOC4)c3)ccn2)cc1. The summed E-state index contributed by atoms with van der Waals surface area (Å²) >= 11 is 0. The first-order valence-corrected chi connectivity index (χ1v) is 8.93. The lowest BCUT2D eigenvalue weighted by atomic mass is 10.1. The number of ether oxygens (including phenoxy) is 1. The zero-order valence-corrected chi connectivity index (χ0v) is 14.6. The quantitative estimate of drug-likeness (QED) is 0.695. The summed E-state index contributed by atoms with van der Waals surface area (Å²) in [7, 11) is 0. The lowest BCUT2D eigenvalue weighted by Gasteiger charge is -2.11. The Kier molecular flexibility index (Phi) is 5.07. The van der Waals surface area contributed by atoms with Crippen molar-refractivity contribution in [3.8, 4) is 11.1 Å². The molecular formula is C21H22N4O. The van der Waals surface area contributed by atoms with Crippen LogP contribution in [-0.2, 0) is 4.74 Å². The summed E-state index contributed by atoms with van der Waals surface area (Å²) in [6.07, 6.45) is 4.78. The zero-order valence-electron chi connectivity index (χ0n) is 14.6. The van der Waals surface area contributed by atoms with E-state index in [1.165, 1.54) is 0 Å². The molecule has 0 amide bonds. The van der Waals surface area contributed by atoms with Crippen LogP contribution in [0, 0.1) is 5.92 Å². The molecule has 1 aliphatic heterocycles. The Morgan fingerprint density at radius 2 is 1.65 bits per heavy atom. The number of hydrogen-bond acceptors (Lipinski definition) is 5. The third-order valence-corrected chi connectivity index (χ3v) is 4.50. The molecule has 1 aromatic carbocycles. The van der Waals surface area contributed by atoms with Gasteiger partial charge in [-0.25, -0.2) is 9.97 Å². The molecular weight excluding hydrogens is 324 g/mol. The van der Waals surface area contributed by atoms with Gasteiger partial charge in [0.25, 0.3) is 0 Å². The topological polar surface area (TPSA) is 59.1 Å². The maximum Gasteiger partial charge on any atom is 0.130 e. The van der Waals surface area contributed by atoms with Gasteiger partial charge < -0.3 is 15.4 Å². The third-order valence-electron chi connectivity index (χ3n) is 4.50. The van der Waals surface area contributed by atoms with E-state index in [1.54, 1.807) is 0 Å². The van der Waals surface area contributed by atoms with Crippen LogP contribution in [-0.4, -0.2) is 29.7 Å². The highest BCUT2D eigenvalue weighted by atomic mass is 16.5. The molecule has 2 aromatic heterocycles. The standard InChI is InChI=1S/C21H22N4O/c1-2-4-19(5-3-1)25-21-13-18(7-10-23-21)17-6-9-22-20(12-17)24-14-16-8-11-26-15-16/h1-7,9-10,12-13,16H,8,11,14-15H2,(H,22,24)(H,23,25). The van der Waals surface area contributed by atoms with E-state index >= 15 is 0 Å². The van der Waals surface area contributed by atoms with Gasteiger partial charge in [-0.2, -0.15) is 0 Å². The molecule has 2 N–H and O–H groups in total. The lowest BCUT2D eigenvalue weighted by Crippen LogP contribution is -2.14. The molecule has 0 bridgehead atoms. The number of pyridine rings is 2. The lowest BCUT2D eigenvalue weighted by molar-refractivity contribution is 0.187. The number of rotatable bonds is 6. The Balaban J connectivity index is 1.48. The maximum absolute atomic E-state index is 5.43. The van der Waals surface area contributed by atoms with E-state index in [2.05, 4.69) is 32.7 Å². The summed E-state index contributed by atoms with van der Waals surface area (Å²) in [5.41, 5.74) is 3.24.